The number of rotatable bonds is 15. The minimum atomic E-state index is -6.31. The normalized spacial score (nSPS) is 35.4. The maximum Gasteiger partial charge on any atom is 0.490 e. The van der Waals surface area contributed by atoms with Crippen molar-refractivity contribution in [1.82, 2.24) is 9.55 Å². The van der Waals surface area contributed by atoms with Crippen LogP contribution in [0.15, 0.2) is 17.1 Å². The molecule has 3 rings (SSSR count). The molecule has 0 aromatic carbocycles. The van der Waals surface area contributed by atoms with Crippen LogP contribution in [0.5, 0.6) is 0 Å². The Balaban J connectivity index is 1.59. The summed E-state index contributed by atoms with van der Waals surface area (Å²) in [6, 6.07) is 1.21. The molecule has 2 fully saturated rings. The molecule has 1 aromatic heterocycles. The first-order chi connectivity index (χ1) is 21.1. The SMILES string of the molecule is CONc1ccn([C@@H]2O[C@H](COP(=O)(O)OP(=O)(O)OP(=O)(O)OP(=O)(O)O[C@H]3O[C@H](CO)[C@@H](O)[C@H](F)[C@H]3O)[C@@H](O)[C@H]2O)c(=O)n1. The highest BCUT2D eigenvalue weighted by molar-refractivity contribution is 7.69. The van der Waals surface area contributed by atoms with E-state index in [9.17, 15) is 67.4 Å². The first-order valence-electron chi connectivity index (χ1n) is 12.1. The molecular formula is C16H28FN3O22P4. The maximum absolute atomic E-state index is 14.0. The van der Waals surface area contributed by atoms with Crippen LogP contribution in [0.25, 0.3) is 0 Å². The standard InChI is InChI=1S/C16H28FN3O22P4/c1-35-19-8-2-3-20(16(26)18-8)14-13(25)11(23)7(37-14)5-36-43(27,28)40-45(31,32)42-46(33,34)41-44(29,30)39-15-12(24)9(17)10(22)6(4-21)38-15/h2-3,6-7,9-15,21-25H,4-5H2,1H3,(H,27,28)(H,29,30)(H,31,32)(H,33,34)(H,18,19,26)/t6-,7-,9+,10-,11-,12-,13-,14-,15-/m1/s1. The number of aromatic nitrogens is 2. The van der Waals surface area contributed by atoms with Gasteiger partial charge < -0.3 is 54.6 Å². The molecule has 2 aliphatic heterocycles. The van der Waals surface area contributed by atoms with Crippen molar-refractivity contribution < 1.29 is 104 Å². The lowest BCUT2D eigenvalue weighted by Crippen LogP contribution is -2.57. The zero-order valence-corrected chi connectivity index (χ0v) is 26.2. The zero-order valence-electron chi connectivity index (χ0n) is 22.7. The fourth-order valence-electron chi connectivity index (χ4n) is 3.76. The smallest absolute Gasteiger partial charge is 0.394 e. The topological polar surface area (TPSA) is 371 Å². The molecule has 13 atom stereocenters. The second kappa shape index (κ2) is 15.2. The summed E-state index contributed by atoms with van der Waals surface area (Å²) in [6.07, 6.45) is -17.7. The molecule has 10 N–H and O–H groups in total. The van der Waals surface area contributed by atoms with Gasteiger partial charge in [0.05, 0.1) is 20.3 Å². The van der Waals surface area contributed by atoms with Gasteiger partial charge in [0.1, 0.15) is 36.6 Å². The molecule has 30 heteroatoms. The van der Waals surface area contributed by atoms with Crippen LogP contribution in [0.1, 0.15) is 6.23 Å². The Labute approximate surface area is 255 Å². The molecule has 4 unspecified atom stereocenters. The van der Waals surface area contributed by atoms with E-state index in [1.807, 2.05) is 0 Å². The third kappa shape index (κ3) is 10.2. The molecule has 0 bridgehead atoms. The molecule has 0 amide bonds. The summed E-state index contributed by atoms with van der Waals surface area (Å²) in [5.74, 6) is -0.0400. The summed E-state index contributed by atoms with van der Waals surface area (Å²) >= 11 is 0. The lowest BCUT2D eigenvalue weighted by Gasteiger charge is -2.38. The van der Waals surface area contributed by atoms with Gasteiger partial charge in [-0.2, -0.15) is 17.9 Å². The molecule has 3 heterocycles. The number of ether oxygens (including phenoxy) is 2. The quantitative estimate of drug-likeness (QED) is 0.0633. The third-order valence-electron chi connectivity index (χ3n) is 5.71. The van der Waals surface area contributed by atoms with Crippen LogP contribution in [0.3, 0.4) is 0 Å². The van der Waals surface area contributed by atoms with E-state index < -0.39 is 106 Å². The Bertz CT molecular complexity index is 1470. The van der Waals surface area contributed by atoms with Crippen LogP contribution in [0.2, 0.25) is 0 Å². The number of nitrogens with one attached hydrogen (secondary N) is 1. The number of phosphoric acid groups is 4. The van der Waals surface area contributed by atoms with Gasteiger partial charge >= 0.3 is 37.0 Å². The predicted molar refractivity (Wildman–Crippen MR) is 137 cm³/mol. The molecule has 2 aliphatic rings. The Hall–Kier alpha value is -1.15. The highest BCUT2D eigenvalue weighted by Gasteiger charge is 2.51. The molecule has 0 aliphatic carbocycles. The Morgan fingerprint density at radius 2 is 1.48 bits per heavy atom. The van der Waals surface area contributed by atoms with Gasteiger partial charge in [-0.3, -0.25) is 18.5 Å². The van der Waals surface area contributed by atoms with E-state index in [0.29, 0.717) is 4.57 Å². The average molecular weight is 757 g/mol. The number of phosphoric ester groups is 2. The van der Waals surface area contributed by atoms with Crippen molar-refractivity contribution >= 4 is 37.1 Å². The molecule has 0 radical (unpaired) electrons. The summed E-state index contributed by atoms with van der Waals surface area (Å²) in [6.45, 7) is -2.30. The minimum absolute atomic E-state index is 0.0400. The second-order valence-corrected chi connectivity index (χ2v) is 15.2. The molecular weight excluding hydrogens is 729 g/mol. The highest BCUT2D eigenvalue weighted by atomic mass is 31.3. The Morgan fingerprint density at radius 3 is 2.04 bits per heavy atom. The molecule has 266 valence electrons. The van der Waals surface area contributed by atoms with E-state index in [0.717, 1.165) is 6.20 Å². The number of halogens is 1. The molecule has 25 nitrogen and oxygen atoms in total. The first kappa shape index (κ1) is 39.3. The lowest BCUT2D eigenvalue weighted by molar-refractivity contribution is -0.268. The summed E-state index contributed by atoms with van der Waals surface area (Å²) < 4.78 is 92.9. The van der Waals surface area contributed by atoms with E-state index in [-0.39, 0.29) is 5.82 Å². The number of alkyl halides is 1. The van der Waals surface area contributed by atoms with Crippen LogP contribution in [-0.2, 0) is 54.6 Å². The fourth-order valence-corrected chi connectivity index (χ4v) is 8.78. The van der Waals surface area contributed by atoms with Gasteiger partial charge in [0.15, 0.2) is 24.5 Å². The van der Waals surface area contributed by atoms with Crippen molar-refractivity contribution in [2.75, 3.05) is 25.8 Å². The summed E-state index contributed by atoms with van der Waals surface area (Å²) in [7, 11) is -23.2. The second-order valence-electron chi connectivity index (χ2n) is 9.03. The minimum Gasteiger partial charge on any atom is -0.394 e. The number of hydrogen-bond donors (Lipinski definition) is 10. The number of nitrogens with zero attached hydrogens (tertiary/aromatic N) is 2. The monoisotopic (exact) mass is 757 g/mol. The van der Waals surface area contributed by atoms with Gasteiger partial charge in [0.2, 0.25) is 0 Å². The van der Waals surface area contributed by atoms with Crippen molar-refractivity contribution in [3.05, 3.63) is 22.7 Å². The van der Waals surface area contributed by atoms with Gasteiger partial charge in [-0.05, 0) is 6.07 Å². The van der Waals surface area contributed by atoms with Crippen LogP contribution < -0.4 is 11.2 Å². The van der Waals surface area contributed by atoms with E-state index in [4.69, 9.17) is 9.84 Å². The molecule has 1 aromatic rings. The zero-order chi connectivity index (χ0) is 34.8. The van der Waals surface area contributed by atoms with Gasteiger partial charge in [0.25, 0.3) is 0 Å². The molecule has 46 heavy (non-hydrogen) atoms. The van der Waals surface area contributed by atoms with E-state index >= 15 is 0 Å². The van der Waals surface area contributed by atoms with Crippen LogP contribution in [0.4, 0.5) is 10.2 Å². The maximum atomic E-state index is 14.0. The van der Waals surface area contributed by atoms with Crippen molar-refractivity contribution in [1.29, 1.82) is 0 Å². The van der Waals surface area contributed by atoms with Gasteiger partial charge in [0, 0.05) is 6.20 Å². The number of aliphatic hydroxyl groups excluding tert-OH is 5. The number of hydrogen-bond acceptors (Lipinski definition) is 20. The molecule has 0 saturated carbocycles. The average Bonchev–Trinajstić information content (AvgIpc) is 3.19. The highest BCUT2D eigenvalue weighted by Crippen LogP contribution is 2.71. The van der Waals surface area contributed by atoms with Crippen molar-refractivity contribution in [2.24, 2.45) is 0 Å². The third-order valence-corrected chi connectivity index (χ3v) is 11.6. The summed E-state index contributed by atoms with van der Waals surface area (Å²) in [5.41, 5.74) is 1.25. The number of aliphatic hydroxyl groups is 5. The molecule has 2 saturated heterocycles. The summed E-state index contributed by atoms with van der Waals surface area (Å²) in [4.78, 5) is 59.2. The van der Waals surface area contributed by atoms with Gasteiger partial charge in [-0.15, -0.1) is 0 Å². The molecule has 0 spiro atoms. The Morgan fingerprint density at radius 1 is 0.891 bits per heavy atom. The Kier molecular flexibility index (Phi) is 13.0. The number of anilines is 1. The van der Waals surface area contributed by atoms with Crippen molar-refractivity contribution in [3.63, 3.8) is 0 Å². The predicted octanol–water partition coefficient (Wildman–Crippen LogP) is -2.90. The van der Waals surface area contributed by atoms with E-state index in [1.165, 1.54) is 13.2 Å². The van der Waals surface area contributed by atoms with E-state index in [1.54, 1.807) is 0 Å². The first-order valence-corrected chi connectivity index (χ1v) is 18.0. The van der Waals surface area contributed by atoms with Crippen molar-refractivity contribution in [2.45, 2.75) is 55.3 Å². The lowest BCUT2D eigenvalue weighted by atomic mass is 10.0. The van der Waals surface area contributed by atoms with Gasteiger partial charge in [-0.25, -0.2) is 32.9 Å². The largest absolute Gasteiger partial charge is 0.490 e. The van der Waals surface area contributed by atoms with Crippen molar-refractivity contribution in [3.8, 4) is 0 Å². The van der Waals surface area contributed by atoms with Crippen LogP contribution >= 0.6 is 31.3 Å². The van der Waals surface area contributed by atoms with E-state index in [2.05, 4.69) is 42.0 Å². The van der Waals surface area contributed by atoms with Gasteiger partial charge in [-0.1, -0.05) is 0 Å². The van der Waals surface area contributed by atoms with Crippen LogP contribution in [-0.4, -0.2) is 124 Å². The summed E-state index contributed by atoms with van der Waals surface area (Å²) in [5, 5.41) is 48.8. The fraction of sp³-hybridized carbons (Fsp3) is 0.750. The van der Waals surface area contributed by atoms with Crippen LogP contribution in [0, 0.1) is 0 Å².